The number of carbonyl (C=O) groups excluding carboxylic acids is 1. The first-order valence-corrected chi connectivity index (χ1v) is 5.02. The highest BCUT2D eigenvalue weighted by molar-refractivity contribution is 5.74. The van der Waals surface area contributed by atoms with Crippen molar-refractivity contribution in [3.05, 3.63) is 29.8 Å². The molecule has 15 heavy (non-hydrogen) atoms. The quantitative estimate of drug-likeness (QED) is 0.751. The van der Waals surface area contributed by atoms with Crippen LogP contribution in [0.1, 0.15) is 30.6 Å². The van der Waals surface area contributed by atoms with Crippen LogP contribution in [0.15, 0.2) is 24.3 Å². The van der Waals surface area contributed by atoms with Crippen molar-refractivity contribution in [2.45, 2.75) is 25.9 Å². The summed E-state index contributed by atoms with van der Waals surface area (Å²) in [6.45, 7) is 4.58. The van der Waals surface area contributed by atoms with Gasteiger partial charge in [-0.1, -0.05) is 0 Å². The molecular formula is C12H17NO2. The lowest BCUT2D eigenvalue weighted by Crippen LogP contribution is -2.31. The Morgan fingerprint density at radius 2 is 1.93 bits per heavy atom. The van der Waals surface area contributed by atoms with Crippen LogP contribution >= 0.6 is 0 Å². The molecule has 0 heterocycles. The third-order valence-electron chi connectivity index (χ3n) is 2.16. The summed E-state index contributed by atoms with van der Waals surface area (Å²) in [4.78, 5) is 10.4. The summed E-state index contributed by atoms with van der Waals surface area (Å²) in [7, 11) is 0. The van der Waals surface area contributed by atoms with Crippen LogP contribution in [0.2, 0.25) is 0 Å². The molecule has 0 atom stereocenters. The maximum absolute atomic E-state index is 10.4. The predicted molar refractivity (Wildman–Crippen MR) is 60.2 cm³/mol. The topological polar surface area (TPSA) is 52.3 Å². The van der Waals surface area contributed by atoms with Gasteiger partial charge in [0.25, 0.3) is 0 Å². The smallest absolute Gasteiger partial charge is 0.150 e. The molecule has 0 amide bonds. The van der Waals surface area contributed by atoms with Crippen LogP contribution in [0.4, 0.5) is 0 Å². The molecule has 0 aliphatic carbocycles. The summed E-state index contributed by atoms with van der Waals surface area (Å²) >= 11 is 0. The van der Waals surface area contributed by atoms with Crippen LogP contribution in [-0.4, -0.2) is 18.4 Å². The average molecular weight is 207 g/mol. The fraction of sp³-hybridized carbons (Fsp3) is 0.417. The summed E-state index contributed by atoms with van der Waals surface area (Å²) in [5.41, 5.74) is 5.87. The SMILES string of the molecule is CC(C)(CCN)Oc1ccc(C=O)cc1. The van der Waals surface area contributed by atoms with E-state index in [-0.39, 0.29) is 5.60 Å². The Morgan fingerprint density at radius 1 is 1.33 bits per heavy atom. The van der Waals surface area contributed by atoms with Crippen LogP contribution in [0, 0.1) is 0 Å². The Balaban J connectivity index is 2.68. The second-order valence-corrected chi connectivity index (χ2v) is 4.09. The van der Waals surface area contributed by atoms with Crippen LogP contribution in [0.3, 0.4) is 0 Å². The highest BCUT2D eigenvalue weighted by Gasteiger charge is 2.18. The van der Waals surface area contributed by atoms with Crippen molar-refractivity contribution in [3.8, 4) is 5.75 Å². The molecular weight excluding hydrogens is 190 g/mol. The Kier molecular flexibility index (Phi) is 3.86. The van der Waals surface area contributed by atoms with Gasteiger partial charge in [-0.3, -0.25) is 4.79 Å². The maximum Gasteiger partial charge on any atom is 0.150 e. The molecule has 0 aliphatic heterocycles. The summed E-state index contributed by atoms with van der Waals surface area (Å²) in [6.07, 6.45) is 1.61. The molecule has 0 saturated carbocycles. The normalized spacial score (nSPS) is 11.1. The van der Waals surface area contributed by atoms with Crippen molar-refractivity contribution in [2.75, 3.05) is 6.54 Å². The van der Waals surface area contributed by atoms with E-state index < -0.39 is 0 Å². The number of benzene rings is 1. The molecule has 3 nitrogen and oxygen atoms in total. The fourth-order valence-corrected chi connectivity index (χ4v) is 1.33. The van der Waals surface area contributed by atoms with E-state index in [0.717, 1.165) is 18.5 Å². The van der Waals surface area contributed by atoms with Gasteiger partial charge in [-0.15, -0.1) is 0 Å². The van der Waals surface area contributed by atoms with E-state index in [2.05, 4.69) is 0 Å². The van der Waals surface area contributed by atoms with Gasteiger partial charge < -0.3 is 10.5 Å². The number of nitrogens with two attached hydrogens (primary N) is 1. The van der Waals surface area contributed by atoms with E-state index in [1.165, 1.54) is 0 Å². The van der Waals surface area contributed by atoms with E-state index in [0.29, 0.717) is 12.1 Å². The monoisotopic (exact) mass is 207 g/mol. The Labute approximate surface area is 90.2 Å². The minimum atomic E-state index is -0.266. The largest absolute Gasteiger partial charge is 0.488 e. The number of carbonyl (C=O) groups is 1. The molecule has 0 fully saturated rings. The minimum Gasteiger partial charge on any atom is -0.488 e. The van der Waals surface area contributed by atoms with E-state index in [1.807, 2.05) is 13.8 Å². The second-order valence-electron chi connectivity index (χ2n) is 4.09. The van der Waals surface area contributed by atoms with Crippen LogP contribution in [0.5, 0.6) is 5.75 Å². The molecule has 0 unspecified atom stereocenters. The summed E-state index contributed by atoms with van der Waals surface area (Å²) in [5, 5.41) is 0. The molecule has 0 aliphatic rings. The number of hydrogen-bond donors (Lipinski definition) is 1. The zero-order valence-corrected chi connectivity index (χ0v) is 9.19. The molecule has 1 rings (SSSR count). The van der Waals surface area contributed by atoms with Crippen molar-refractivity contribution >= 4 is 6.29 Å². The van der Waals surface area contributed by atoms with Gasteiger partial charge in [0.15, 0.2) is 0 Å². The minimum absolute atomic E-state index is 0.266. The molecule has 0 saturated heterocycles. The molecule has 3 heteroatoms. The van der Waals surface area contributed by atoms with Crippen LogP contribution in [0.25, 0.3) is 0 Å². The third-order valence-corrected chi connectivity index (χ3v) is 2.16. The lowest BCUT2D eigenvalue weighted by atomic mass is 10.1. The molecule has 82 valence electrons. The molecule has 0 radical (unpaired) electrons. The molecule has 1 aromatic carbocycles. The highest BCUT2D eigenvalue weighted by Crippen LogP contribution is 2.20. The van der Waals surface area contributed by atoms with Gasteiger partial charge in [0, 0.05) is 5.56 Å². The van der Waals surface area contributed by atoms with Gasteiger partial charge in [0.1, 0.15) is 17.6 Å². The lowest BCUT2D eigenvalue weighted by molar-refractivity contribution is 0.102. The lowest BCUT2D eigenvalue weighted by Gasteiger charge is -2.25. The van der Waals surface area contributed by atoms with Crippen molar-refractivity contribution in [1.29, 1.82) is 0 Å². The van der Waals surface area contributed by atoms with Gasteiger partial charge in [-0.05, 0) is 51.1 Å². The van der Waals surface area contributed by atoms with Gasteiger partial charge in [0.05, 0.1) is 0 Å². The van der Waals surface area contributed by atoms with Gasteiger partial charge >= 0.3 is 0 Å². The zero-order valence-electron chi connectivity index (χ0n) is 9.19. The third kappa shape index (κ3) is 3.72. The van der Waals surface area contributed by atoms with Crippen molar-refractivity contribution in [1.82, 2.24) is 0 Å². The summed E-state index contributed by atoms with van der Waals surface area (Å²) in [5.74, 6) is 0.763. The van der Waals surface area contributed by atoms with Crippen molar-refractivity contribution < 1.29 is 9.53 Å². The maximum atomic E-state index is 10.4. The average Bonchev–Trinajstić information content (AvgIpc) is 2.18. The van der Waals surface area contributed by atoms with E-state index in [9.17, 15) is 4.79 Å². The van der Waals surface area contributed by atoms with Crippen LogP contribution in [-0.2, 0) is 0 Å². The Bertz CT molecular complexity index is 317. The molecule has 0 spiro atoms. The zero-order chi connectivity index (χ0) is 11.3. The standard InChI is InChI=1S/C12H17NO2/c1-12(2,7-8-13)15-11-5-3-10(9-14)4-6-11/h3-6,9H,7-8,13H2,1-2H3. The van der Waals surface area contributed by atoms with Gasteiger partial charge in [-0.25, -0.2) is 0 Å². The van der Waals surface area contributed by atoms with E-state index in [1.54, 1.807) is 24.3 Å². The second kappa shape index (κ2) is 4.94. The van der Waals surface area contributed by atoms with Crippen molar-refractivity contribution in [2.24, 2.45) is 5.73 Å². The molecule has 0 aromatic heterocycles. The summed E-state index contributed by atoms with van der Waals surface area (Å²) in [6, 6.07) is 7.06. The number of hydrogen-bond acceptors (Lipinski definition) is 3. The number of aldehydes is 1. The first-order valence-electron chi connectivity index (χ1n) is 5.02. The molecule has 2 N–H and O–H groups in total. The van der Waals surface area contributed by atoms with Crippen molar-refractivity contribution in [3.63, 3.8) is 0 Å². The number of ether oxygens (including phenoxy) is 1. The van der Waals surface area contributed by atoms with Crippen LogP contribution < -0.4 is 10.5 Å². The molecule has 0 bridgehead atoms. The Hall–Kier alpha value is -1.35. The van der Waals surface area contributed by atoms with E-state index in [4.69, 9.17) is 10.5 Å². The highest BCUT2D eigenvalue weighted by atomic mass is 16.5. The first-order chi connectivity index (χ1) is 7.07. The summed E-state index contributed by atoms with van der Waals surface area (Å²) < 4.78 is 5.75. The van der Waals surface area contributed by atoms with Gasteiger partial charge in [-0.2, -0.15) is 0 Å². The predicted octanol–water partition coefficient (Wildman–Crippen LogP) is 2.01. The van der Waals surface area contributed by atoms with Gasteiger partial charge in [0.2, 0.25) is 0 Å². The van der Waals surface area contributed by atoms with E-state index >= 15 is 0 Å². The fourth-order valence-electron chi connectivity index (χ4n) is 1.33. The number of rotatable bonds is 5. The first kappa shape index (κ1) is 11.7. The Morgan fingerprint density at radius 3 is 2.40 bits per heavy atom. The molecule has 1 aromatic rings.